The van der Waals surface area contributed by atoms with E-state index in [4.69, 9.17) is 10.5 Å². The van der Waals surface area contributed by atoms with Crippen LogP contribution in [0.15, 0.2) is 30.5 Å². The molecule has 0 aliphatic carbocycles. The number of aromatic nitrogens is 1. The van der Waals surface area contributed by atoms with E-state index in [0.717, 1.165) is 22.3 Å². The zero-order chi connectivity index (χ0) is 12.3. The number of rotatable bonds is 4. The van der Waals surface area contributed by atoms with Gasteiger partial charge in [-0.1, -0.05) is 6.07 Å². The summed E-state index contributed by atoms with van der Waals surface area (Å²) in [5.41, 5.74) is 5.61. The molecule has 0 spiro atoms. The van der Waals surface area contributed by atoms with Gasteiger partial charge in [-0.15, -0.1) is 0 Å². The summed E-state index contributed by atoms with van der Waals surface area (Å²) in [4.78, 5) is 4.35. The maximum absolute atomic E-state index is 5.61. The van der Waals surface area contributed by atoms with Crippen molar-refractivity contribution in [1.82, 2.24) is 4.98 Å². The van der Waals surface area contributed by atoms with Gasteiger partial charge < -0.3 is 15.8 Å². The summed E-state index contributed by atoms with van der Waals surface area (Å²) < 4.78 is 5.23. The number of anilines is 1. The Kier molecular flexibility index (Phi) is 3.44. The third kappa shape index (κ3) is 2.47. The third-order valence-corrected chi connectivity index (χ3v) is 2.71. The minimum Gasteiger partial charge on any atom is -0.497 e. The first-order chi connectivity index (χ1) is 8.24. The van der Waals surface area contributed by atoms with Crippen LogP contribution in [0.25, 0.3) is 10.8 Å². The van der Waals surface area contributed by atoms with Crippen molar-refractivity contribution in [2.24, 2.45) is 5.73 Å². The van der Waals surface area contributed by atoms with Crippen molar-refractivity contribution in [2.45, 2.75) is 13.0 Å². The molecule has 4 heteroatoms. The van der Waals surface area contributed by atoms with Crippen LogP contribution >= 0.6 is 0 Å². The lowest BCUT2D eigenvalue weighted by molar-refractivity contribution is 0.415. The molecular weight excluding hydrogens is 214 g/mol. The molecular formula is C13H17N3O. The van der Waals surface area contributed by atoms with Crippen molar-refractivity contribution >= 4 is 16.6 Å². The Morgan fingerprint density at radius 1 is 1.41 bits per heavy atom. The number of hydrogen-bond acceptors (Lipinski definition) is 4. The summed E-state index contributed by atoms with van der Waals surface area (Å²) in [6.45, 7) is 2.60. The fraction of sp³-hybridized carbons (Fsp3) is 0.308. The summed E-state index contributed by atoms with van der Waals surface area (Å²) in [6, 6.07) is 8.12. The Morgan fingerprint density at radius 2 is 2.24 bits per heavy atom. The Morgan fingerprint density at radius 3 is 2.94 bits per heavy atom. The molecule has 0 amide bonds. The first-order valence-electron chi connectivity index (χ1n) is 5.64. The molecule has 0 aliphatic rings. The lowest BCUT2D eigenvalue weighted by Gasteiger charge is -2.14. The van der Waals surface area contributed by atoms with Gasteiger partial charge >= 0.3 is 0 Å². The van der Waals surface area contributed by atoms with Gasteiger partial charge in [-0.05, 0) is 30.5 Å². The van der Waals surface area contributed by atoms with Gasteiger partial charge in [0.1, 0.15) is 11.6 Å². The van der Waals surface area contributed by atoms with E-state index in [0.29, 0.717) is 6.54 Å². The van der Waals surface area contributed by atoms with E-state index >= 15 is 0 Å². The number of nitrogens with one attached hydrogen (secondary N) is 1. The van der Waals surface area contributed by atoms with Gasteiger partial charge in [-0.3, -0.25) is 0 Å². The molecule has 2 rings (SSSR count). The van der Waals surface area contributed by atoms with E-state index in [1.54, 1.807) is 13.3 Å². The lowest BCUT2D eigenvalue weighted by Crippen LogP contribution is -2.25. The standard InChI is InChI=1S/C13H17N3O/c1-9(8-14)16-13-12-7-11(17-2)4-3-10(12)5-6-15-13/h3-7,9H,8,14H2,1-2H3,(H,15,16). The Balaban J connectivity index is 2.46. The average Bonchev–Trinajstić information content (AvgIpc) is 2.38. The number of ether oxygens (including phenoxy) is 1. The average molecular weight is 231 g/mol. The van der Waals surface area contributed by atoms with Gasteiger partial charge in [0.25, 0.3) is 0 Å². The van der Waals surface area contributed by atoms with Crippen LogP contribution in [0.5, 0.6) is 5.75 Å². The summed E-state index contributed by atoms with van der Waals surface area (Å²) in [5.74, 6) is 1.67. The van der Waals surface area contributed by atoms with Crippen molar-refractivity contribution in [3.63, 3.8) is 0 Å². The van der Waals surface area contributed by atoms with E-state index in [2.05, 4.69) is 10.3 Å². The third-order valence-electron chi connectivity index (χ3n) is 2.71. The number of pyridine rings is 1. The van der Waals surface area contributed by atoms with Crippen LogP contribution in [0.2, 0.25) is 0 Å². The Labute approximate surface area is 101 Å². The van der Waals surface area contributed by atoms with Crippen molar-refractivity contribution in [1.29, 1.82) is 0 Å². The molecule has 0 bridgehead atoms. The van der Waals surface area contributed by atoms with Crippen LogP contribution in [-0.2, 0) is 0 Å². The van der Waals surface area contributed by atoms with Gasteiger partial charge in [0.2, 0.25) is 0 Å². The quantitative estimate of drug-likeness (QED) is 0.845. The van der Waals surface area contributed by atoms with Crippen molar-refractivity contribution < 1.29 is 4.74 Å². The number of benzene rings is 1. The zero-order valence-corrected chi connectivity index (χ0v) is 10.1. The molecule has 0 fully saturated rings. The number of hydrogen-bond donors (Lipinski definition) is 2. The highest BCUT2D eigenvalue weighted by molar-refractivity contribution is 5.92. The topological polar surface area (TPSA) is 60.2 Å². The van der Waals surface area contributed by atoms with Crippen LogP contribution in [-0.4, -0.2) is 24.7 Å². The minimum absolute atomic E-state index is 0.194. The predicted molar refractivity (Wildman–Crippen MR) is 70.4 cm³/mol. The number of nitrogens with two attached hydrogens (primary N) is 1. The van der Waals surface area contributed by atoms with E-state index in [1.807, 2.05) is 31.2 Å². The number of methoxy groups -OCH3 is 1. The summed E-state index contributed by atoms with van der Waals surface area (Å²) in [5, 5.41) is 5.47. The largest absolute Gasteiger partial charge is 0.497 e. The molecule has 1 aromatic carbocycles. The Hall–Kier alpha value is -1.81. The molecule has 90 valence electrons. The van der Waals surface area contributed by atoms with E-state index in [1.165, 1.54) is 0 Å². The monoisotopic (exact) mass is 231 g/mol. The van der Waals surface area contributed by atoms with E-state index in [-0.39, 0.29) is 6.04 Å². The summed E-state index contributed by atoms with van der Waals surface area (Å²) in [6.07, 6.45) is 1.79. The molecule has 4 nitrogen and oxygen atoms in total. The number of fused-ring (bicyclic) bond motifs is 1. The molecule has 1 unspecified atom stereocenters. The van der Waals surface area contributed by atoms with Crippen molar-refractivity contribution in [3.8, 4) is 5.75 Å². The molecule has 0 saturated heterocycles. The molecule has 3 N–H and O–H groups in total. The van der Waals surface area contributed by atoms with Gasteiger partial charge in [0.15, 0.2) is 0 Å². The van der Waals surface area contributed by atoms with Crippen LogP contribution < -0.4 is 15.8 Å². The maximum atomic E-state index is 5.61. The molecule has 0 saturated carbocycles. The van der Waals surface area contributed by atoms with Crippen molar-refractivity contribution in [2.75, 3.05) is 19.0 Å². The molecule has 17 heavy (non-hydrogen) atoms. The van der Waals surface area contributed by atoms with Gasteiger partial charge in [-0.2, -0.15) is 0 Å². The van der Waals surface area contributed by atoms with Crippen LogP contribution in [0, 0.1) is 0 Å². The molecule has 2 aromatic rings. The van der Waals surface area contributed by atoms with Crippen LogP contribution in [0.3, 0.4) is 0 Å². The maximum Gasteiger partial charge on any atom is 0.134 e. The second kappa shape index (κ2) is 5.01. The first-order valence-corrected chi connectivity index (χ1v) is 5.64. The van der Waals surface area contributed by atoms with Crippen LogP contribution in [0.4, 0.5) is 5.82 Å². The Bertz CT molecular complexity index is 513. The predicted octanol–water partition coefficient (Wildman–Crippen LogP) is 2.00. The first kappa shape index (κ1) is 11.7. The minimum atomic E-state index is 0.194. The second-order valence-corrected chi connectivity index (χ2v) is 4.03. The highest BCUT2D eigenvalue weighted by Gasteiger charge is 2.06. The van der Waals surface area contributed by atoms with Gasteiger partial charge in [0.05, 0.1) is 7.11 Å². The zero-order valence-electron chi connectivity index (χ0n) is 10.1. The number of nitrogens with zero attached hydrogens (tertiary/aromatic N) is 1. The fourth-order valence-corrected chi connectivity index (χ4v) is 1.68. The van der Waals surface area contributed by atoms with E-state index < -0.39 is 0 Å². The lowest BCUT2D eigenvalue weighted by atomic mass is 10.1. The fourth-order valence-electron chi connectivity index (χ4n) is 1.68. The molecule has 1 atom stereocenters. The normalized spacial score (nSPS) is 12.4. The molecule has 1 heterocycles. The second-order valence-electron chi connectivity index (χ2n) is 4.03. The molecule has 0 radical (unpaired) electrons. The van der Waals surface area contributed by atoms with Gasteiger partial charge in [0, 0.05) is 24.2 Å². The van der Waals surface area contributed by atoms with Crippen molar-refractivity contribution in [3.05, 3.63) is 30.5 Å². The highest BCUT2D eigenvalue weighted by Crippen LogP contribution is 2.25. The summed E-state index contributed by atoms with van der Waals surface area (Å²) in [7, 11) is 1.66. The van der Waals surface area contributed by atoms with Crippen LogP contribution in [0.1, 0.15) is 6.92 Å². The SMILES string of the molecule is COc1ccc2ccnc(NC(C)CN)c2c1. The summed E-state index contributed by atoms with van der Waals surface area (Å²) >= 11 is 0. The molecule has 0 aliphatic heterocycles. The highest BCUT2D eigenvalue weighted by atomic mass is 16.5. The van der Waals surface area contributed by atoms with E-state index in [9.17, 15) is 0 Å². The molecule has 1 aromatic heterocycles. The smallest absolute Gasteiger partial charge is 0.134 e. The van der Waals surface area contributed by atoms with Gasteiger partial charge in [-0.25, -0.2) is 4.98 Å².